The minimum absolute atomic E-state index is 0.0247. The zero-order valence-electron chi connectivity index (χ0n) is 39.8. The number of unbranched alkanes of at least 4 members (excludes halogenated alkanes) is 2. The molecule has 372 valence electrons. The number of thiazole rings is 1. The van der Waals surface area contributed by atoms with Gasteiger partial charge in [0.1, 0.15) is 30.0 Å². The van der Waals surface area contributed by atoms with E-state index in [4.69, 9.17) is 26.4 Å². The Labute approximate surface area is 410 Å². The van der Waals surface area contributed by atoms with E-state index in [9.17, 15) is 37.5 Å². The van der Waals surface area contributed by atoms with Crippen molar-refractivity contribution >= 4 is 63.7 Å². The lowest BCUT2D eigenvalue weighted by atomic mass is 9.85. The quantitative estimate of drug-likeness (QED) is 0.0551. The largest absolute Gasteiger partial charge is 0.494 e. The van der Waals surface area contributed by atoms with Gasteiger partial charge in [-0.15, -0.1) is 11.3 Å². The number of halogens is 3. The molecule has 3 N–H and O–H groups in total. The fourth-order valence-corrected chi connectivity index (χ4v) is 9.49. The number of benzene rings is 3. The van der Waals surface area contributed by atoms with E-state index >= 15 is 0 Å². The maximum atomic E-state index is 13.9. The topological polar surface area (TPSA) is 163 Å². The van der Waals surface area contributed by atoms with E-state index in [0.29, 0.717) is 37.7 Å². The number of alkyl halides is 3. The Morgan fingerprint density at radius 1 is 0.928 bits per heavy atom. The second-order valence-corrected chi connectivity index (χ2v) is 20.0. The normalized spacial score (nSPS) is 17.6. The molecule has 2 aliphatic rings. The van der Waals surface area contributed by atoms with E-state index in [2.05, 4.69) is 15.6 Å². The van der Waals surface area contributed by atoms with E-state index in [0.717, 1.165) is 58.0 Å². The lowest BCUT2D eigenvalue weighted by Gasteiger charge is -2.35. The van der Waals surface area contributed by atoms with Crippen LogP contribution in [-0.2, 0) is 41.4 Å². The number of aliphatic hydroxyl groups is 1. The minimum Gasteiger partial charge on any atom is -0.494 e. The molecular weight excluding hydrogens is 934 g/mol. The molecule has 14 nitrogen and oxygen atoms in total. The molecule has 2 fully saturated rings. The molecule has 0 radical (unpaired) electrons. The number of carbonyl (C=O) groups is 4. The molecule has 2 saturated heterocycles. The summed E-state index contributed by atoms with van der Waals surface area (Å²) in [6.45, 7) is 12.4. The van der Waals surface area contributed by atoms with E-state index in [1.807, 2.05) is 52.0 Å². The summed E-state index contributed by atoms with van der Waals surface area (Å²) in [5.74, 6) is -1.13. The zero-order chi connectivity index (χ0) is 50.1. The highest BCUT2D eigenvalue weighted by molar-refractivity contribution is 7.81. The number of nitrogens with one attached hydrogen (secondary N) is 2. The predicted octanol–water partition coefficient (Wildman–Crippen LogP) is 7.84. The number of carbonyl (C=O) groups excluding carboxylic acids is 4. The van der Waals surface area contributed by atoms with E-state index < -0.39 is 58.6 Å². The van der Waals surface area contributed by atoms with Crippen molar-refractivity contribution in [3.8, 4) is 16.2 Å². The monoisotopic (exact) mass is 994 g/mol. The van der Waals surface area contributed by atoms with Crippen molar-refractivity contribution in [2.24, 2.45) is 5.41 Å². The Balaban J connectivity index is 0.843. The van der Waals surface area contributed by atoms with Crippen molar-refractivity contribution in [1.82, 2.24) is 20.5 Å². The van der Waals surface area contributed by atoms with Crippen LogP contribution in [0.1, 0.15) is 83.5 Å². The van der Waals surface area contributed by atoms with Crippen molar-refractivity contribution in [3.05, 3.63) is 95.1 Å². The van der Waals surface area contributed by atoms with Crippen molar-refractivity contribution in [2.75, 3.05) is 49.4 Å². The Hall–Kier alpha value is -5.47. The molecule has 19 heteroatoms. The number of hydrogen-bond acceptors (Lipinski definition) is 11. The fourth-order valence-electron chi connectivity index (χ4n) is 8.15. The molecule has 0 aliphatic carbocycles. The number of aromatic nitrogens is 1. The van der Waals surface area contributed by atoms with Crippen LogP contribution in [0.25, 0.3) is 10.4 Å². The first-order valence-electron chi connectivity index (χ1n) is 23.0. The smallest absolute Gasteiger partial charge is 0.416 e. The second kappa shape index (κ2) is 23.0. The Morgan fingerprint density at radius 2 is 1.61 bits per heavy atom. The van der Waals surface area contributed by atoms with Gasteiger partial charge in [-0.2, -0.15) is 13.2 Å². The van der Waals surface area contributed by atoms with Gasteiger partial charge >= 0.3 is 6.18 Å². The SMILES string of the molecule is Cc1ncsc1-c1ccc(CNC(=O)[C@@H]2C[C@@H](O)CN2C(=O)[C@@H](NC(=O)COCCCOCCCCCOc2ccc(N3C(=S)N(c4cccc(C(F)(F)F)c4)C(=O)C3(C)C)cc2)C(C)(C)C)cc1. The van der Waals surface area contributed by atoms with Crippen LogP contribution in [0.5, 0.6) is 5.75 Å². The number of likely N-dealkylation sites (tertiary alicyclic amines) is 1. The average molecular weight is 995 g/mol. The number of rotatable bonds is 21. The van der Waals surface area contributed by atoms with Gasteiger partial charge < -0.3 is 39.8 Å². The average Bonchev–Trinajstić information content (AvgIpc) is 3.97. The molecule has 69 heavy (non-hydrogen) atoms. The first-order valence-corrected chi connectivity index (χ1v) is 24.2. The lowest BCUT2D eigenvalue weighted by molar-refractivity contribution is -0.144. The van der Waals surface area contributed by atoms with Gasteiger partial charge in [-0.05, 0) is 118 Å². The number of aryl methyl sites for hydroxylation is 1. The van der Waals surface area contributed by atoms with Gasteiger partial charge in [0.05, 0.1) is 40.0 Å². The number of ether oxygens (including phenoxy) is 3. The highest BCUT2D eigenvalue weighted by Gasteiger charge is 2.51. The van der Waals surface area contributed by atoms with Gasteiger partial charge in [-0.3, -0.25) is 24.1 Å². The summed E-state index contributed by atoms with van der Waals surface area (Å²) in [5.41, 5.74) is 2.61. The number of hydrogen-bond donors (Lipinski definition) is 3. The van der Waals surface area contributed by atoms with Crippen LogP contribution in [-0.4, -0.2) is 107 Å². The summed E-state index contributed by atoms with van der Waals surface area (Å²) in [4.78, 5) is 63.3. The molecule has 0 bridgehead atoms. The summed E-state index contributed by atoms with van der Waals surface area (Å²) in [6.07, 6.45) is -2.35. The molecule has 0 saturated carbocycles. The first-order chi connectivity index (χ1) is 32.7. The van der Waals surface area contributed by atoms with Crippen molar-refractivity contribution < 1.29 is 51.7 Å². The van der Waals surface area contributed by atoms with Crippen LogP contribution in [0.3, 0.4) is 0 Å². The molecule has 2 aliphatic heterocycles. The Bertz CT molecular complexity index is 2430. The summed E-state index contributed by atoms with van der Waals surface area (Å²) < 4.78 is 57.5. The molecule has 0 spiro atoms. The molecule has 6 rings (SSSR count). The maximum absolute atomic E-state index is 13.9. The van der Waals surface area contributed by atoms with Crippen LogP contribution in [0.15, 0.2) is 78.3 Å². The highest BCUT2D eigenvalue weighted by Crippen LogP contribution is 2.39. The lowest BCUT2D eigenvalue weighted by Crippen LogP contribution is -2.58. The number of aliphatic hydroxyl groups excluding tert-OH is 1. The van der Waals surface area contributed by atoms with Crippen LogP contribution < -0.4 is 25.2 Å². The molecular formula is C50H61F3N6O8S2. The molecule has 3 aromatic carbocycles. The molecule has 4 amide bonds. The molecule has 3 heterocycles. The summed E-state index contributed by atoms with van der Waals surface area (Å²) in [5, 5.41) is 16.3. The number of amides is 4. The van der Waals surface area contributed by atoms with Crippen molar-refractivity contribution in [2.45, 2.75) is 110 Å². The molecule has 3 atom stereocenters. The van der Waals surface area contributed by atoms with Gasteiger partial charge in [0.2, 0.25) is 17.7 Å². The zero-order valence-corrected chi connectivity index (χ0v) is 41.4. The minimum atomic E-state index is -4.57. The number of thiocarbonyl (C=S) groups is 1. The predicted molar refractivity (Wildman–Crippen MR) is 262 cm³/mol. The number of nitrogens with zero attached hydrogens (tertiary/aromatic N) is 4. The van der Waals surface area contributed by atoms with Crippen LogP contribution in [0.4, 0.5) is 24.5 Å². The van der Waals surface area contributed by atoms with E-state index in [-0.39, 0.29) is 49.4 Å². The summed E-state index contributed by atoms with van der Waals surface area (Å²) in [6, 6.07) is 17.6. The Kier molecular flexibility index (Phi) is 17.6. The third-order valence-corrected chi connectivity index (χ3v) is 13.3. The first kappa shape index (κ1) is 52.9. The Morgan fingerprint density at radius 3 is 2.28 bits per heavy atom. The van der Waals surface area contributed by atoms with E-state index in [1.165, 1.54) is 17.0 Å². The standard InChI is InChI=1S/C50H61F3N6O8S2/c1-32-42(69-31-55-32)34-16-14-33(15-17-34)28-54-44(62)40-27-38(60)29-57(40)45(63)43(48(2,3)4)56-41(61)30-66-24-11-23-65-22-8-7-9-25-67-39-20-18-36(19-21-39)59-47(68)58(46(64)49(59,5)6)37-13-10-12-35(26-37)50(51,52)53/h10,12-21,26,31,38,40,43,60H,7-9,11,22-25,27-30H2,1-6H3,(H,54,62)(H,56,61)/t38-,40+,43-/m1/s1. The van der Waals surface area contributed by atoms with Crippen LogP contribution >= 0.6 is 23.6 Å². The van der Waals surface area contributed by atoms with Gasteiger partial charge in [0.15, 0.2) is 5.11 Å². The van der Waals surface area contributed by atoms with Gasteiger partial charge in [0, 0.05) is 45.0 Å². The molecule has 1 aromatic heterocycles. The number of anilines is 2. The van der Waals surface area contributed by atoms with Gasteiger partial charge in [-0.25, -0.2) is 4.98 Å². The van der Waals surface area contributed by atoms with Crippen LogP contribution in [0, 0.1) is 12.3 Å². The molecule has 4 aromatic rings. The van der Waals surface area contributed by atoms with E-state index in [1.54, 1.807) is 59.9 Å². The van der Waals surface area contributed by atoms with Crippen molar-refractivity contribution in [3.63, 3.8) is 0 Å². The van der Waals surface area contributed by atoms with Crippen molar-refractivity contribution in [1.29, 1.82) is 0 Å². The summed E-state index contributed by atoms with van der Waals surface area (Å²) in [7, 11) is 0. The third-order valence-electron chi connectivity index (χ3n) is 11.9. The number of β-amino-alcohol motifs (C(OH)–C–C–N with tert-alkyl or cyclic N) is 1. The van der Waals surface area contributed by atoms with Gasteiger partial charge in [0.25, 0.3) is 5.91 Å². The molecule has 0 unspecified atom stereocenters. The highest BCUT2D eigenvalue weighted by atomic mass is 32.1. The summed E-state index contributed by atoms with van der Waals surface area (Å²) >= 11 is 7.19. The van der Waals surface area contributed by atoms with Crippen LogP contribution in [0.2, 0.25) is 0 Å². The second-order valence-electron chi connectivity index (χ2n) is 18.7. The van der Waals surface area contributed by atoms with Gasteiger partial charge in [-0.1, -0.05) is 51.1 Å². The maximum Gasteiger partial charge on any atom is 0.416 e. The fraction of sp³-hybridized carbons (Fsp3) is 0.480. The third kappa shape index (κ3) is 13.4.